The van der Waals surface area contributed by atoms with Gasteiger partial charge in [-0.15, -0.1) is 0 Å². The zero-order valence-corrected chi connectivity index (χ0v) is 19.5. The maximum atomic E-state index is 12.9. The Hall–Kier alpha value is -1.10. The third-order valence-corrected chi connectivity index (χ3v) is 7.32. The second kappa shape index (κ2) is 11.7. The van der Waals surface area contributed by atoms with Gasteiger partial charge in [0.15, 0.2) is 0 Å². The average molecular weight is 451 g/mol. The summed E-state index contributed by atoms with van der Waals surface area (Å²) in [6.45, 7) is 6.14. The molecule has 0 saturated heterocycles. The van der Waals surface area contributed by atoms with Crippen molar-refractivity contribution in [3.05, 3.63) is 34.3 Å². The molecule has 3 rings (SSSR count). The van der Waals surface area contributed by atoms with Crippen molar-refractivity contribution in [2.24, 2.45) is 11.3 Å². The minimum Gasteiger partial charge on any atom is -0.390 e. The highest BCUT2D eigenvalue weighted by molar-refractivity contribution is 6.33. The van der Waals surface area contributed by atoms with Crippen LogP contribution in [0, 0.1) is 11.3 Å². The van der Waals surface area contributed by atoms with Crippen molar-refractivity contribution in [2.45, 2.75) is 91.1 Å². The number of carbonyl (C=O) groups excluding carboxylic acids is 1. The van der Waals surface area contributed by atoms with E-state index in [4.69, 9.17) is 11.6 Å². The van der Waals surface area contributed by atoms with E-state index in [9.17, 15) is 9.90 Å². The van der Waals surface area contributed by atoms with Crippen molar-refractivity contribution in [3.63, 3.8) is 0 Å². The summed E-state index contributed by atoms with van der Waals surface area (Å²) in [7, 11) is 0. The normalized spacial score (nSPS) is 23.2. The van der Waals surface area contributed by atoms with E-state index in [1.807, 2.05) is 32.0 Å². The number of halogens is 1. The summed E-state index contributed by atoms with van der Waals surface area (Å²) in [5, 5.41) is 16.9. The Morgan fingerprint density at radius 2 is 1.94 bits per heavy atom. The number of hydrogen-bond donors (Lipinski definition) is 3. The summed E-state index contributed by atoms with van der Waals surface area (Å²) in [5.74, 6) is 0.834. The molecule has 1 amide bonds. The number of amides is 1. The number of fused-ring (bicyclic) bond motifs is 2. The second-order valence-corrected chi connectivity index (χ2v) is 10.7. The Labute approximate surface area is 194 Å². The molecule has 0 heterocycles. The molecule has 4 nitrogen and oxygen atoms in total. The highest BCUT2D eigenvalue weighted by Gasteiger charge is 2.39. The number of aryl methyl sites for hydroxylation is 1. The molecule has 2 saturated carbocycles. The van der Waals surface area contributed by atoms with Crippen LogP contribution in [0.1, 0.15) is 95.0 Å². The molecule has 31 heavy (non-hydrogen) atoms. The van der Waals surface area contributed by atoms with Crippen LogP contribution in [-0.4, -0.2) is 36.2 Å². The Morgan fingerprint density at radius 3 is 2.61 bits per heavy atom. The van der Waals surface area contributed by atoms with Gasteiger partial charge in [-0.05, 0) is 94.5 Å². The molecule has 2 fully saturated rings. The number of nitrogens with one attached hydrogen (secondary N) is 2. The van der Waals surface area contributed by atoms with Gasteiger partial charge < -0.3 is 15.7 Å². The molecule has 0 atom stereocenters. The van der Waals surface area contributed by atoms with E-state index in [2.05, 4.69) is 10.6 Å². The van der Waals surface area contributed by atoms with Crippen LogP contribution in [0.5, 0.6) is 0 Å². The summed E-state index contributed by atoms with van der Waals surface area (Å²) in [4.78, 5) is 12.9. The molecule has 0 unspecified atom stereocenters. The van der Waals surface area contributed by atoms with Crippen LogP contribution in [0.4, 0.5) is 0 Å². The number of aliphatic hydroxyl groups is 1. The van der Waals surface area contributed by atoms with Gasteiger partial charge >= 0.3 is 0 Å². The molecule has 2 bridgehead atoms. The lowest BCUT2D eigenvalue weighted by Crippen LogP contribution is -2.43. The lowest BCUT2D eigenvalue weighted by atomic mass is 9.62. The Morgan fingerprint density at radius 1 is 1.23 bits per heavy atom. The first-order valence-electron chi connectivity index (χ1n) is 11.8. The highest BCUT2D eigenvalue weighted by Crippen LogP contribution is 2.48. The predicted molar refractivity (Wildman–Crippen MR) is 131 cm³/mol. The van der Waals surface area contributed by atoms with Crippen molar-refractivity contribution in [1.29, 1.82) is 0 Å². The van der Waals surface area contributed by atoms with E-state index < -0.39 is 5.60 Å². The molecular weight excluding hydrogens is 408 g/mol. The number of hydrogen-bond acceptors (Lipinski definition) is 3. The molecule has 2 aliphatic rings. The third kappa shape index (κ3) is 8.07. The minimum atomic E-state index is -0.624. The minimum absolute atomic E-state index is 0. The van der Waals surface area contributed by atoms with E-state index >= 15 is 0 Å². The molecule has 0 aliphatic heterocycles. The lowest BCUT2D eigenvalue weighted by molar-refractivity contribution is 0.0681. The fourth-order valence-corrected chi connectivity index (χ4v) is 5.48. The Kier molecular flexibility index (Phi) is 9.85. The van der Waals surface area contributed by atoms with E-state index in [0.29, 0.717) is 16.0 Å². The van der Waals surface area contributed by atoms with Crippen molar-refractivity contribution >= 4 is 17.5 Å². The van der Waals surface area contributed by atoms with Gasteiger partial charge in [0.1, 0.15) is 0 Å². The smallest absolute Gasteiger partial charge is 0.252 e. The summed E-state index contributed by atoms with van der Waals surface area (Å²) < 4.78 is 0. The molecule has 1 aromatic carbocycles. The average Bonchev–Trinajstić information content (AvgIpc) is 2.69. The van der Waals surface area contributed by atoms with E-state index in [0.717, 1.165) is 50.4 Å². The van der Waals surface area contributed by atoms with Crippen LogP contribution >= 0.6 is 11.6 Å². The van der Waals surface area contributed by atoms with Crippen LogP contribution in [0.2, 0.25) is 5.02 Å². The van der Waals surface area contributed by atoms with Crippen molar-refractivity contribution in [3.8, 4) is 0 Å². The molecule has 2 aliphatic carbocycles. The van der Waals surface area contributed by atoms with Crippen LogP contribution in [-0.2, 0) is 6.42 Å². The molecular formula is C26H43ClN2O2. The fourth-order valence-electron chi connectivity index (χ4n) is 5.27. The maximum Gasteiger partial charge on any atom is 0.252 e. The van der Waals surface area contributed by atoms with Gasteiger partial charge in [-0.1, -0.05) is 50.8 Å². The molecule has 3 N–H and O–H groups in total. The van der Waals surface area contributed by atoms with Crippen molar-refractivity contribution < 1.29 is 9.90 Å². The van der Waals surface area contributed by atoms with Gasteiger partial charge in [0.2, 0.25) is 0 Å². The summed E-state index contributed by atoms with van der Waals surface area (Å²) in [5.41, 5.74) is 1.43. The summed E-state index contributed by atoms with van der Waals surface area (Å²) in [6, 6.07) is 5.82. The van der Waals surface area contributed by atoms with E-state index in [1.54, 1.807) is 0 Å². The lowest BCUT2D eigenvalue weighted by Gasteiger charge is -2.45. The van der Waals surface area contributed by atoms with Gasteiger partial charge in [0.25, 0.3) is 5.91 Å². The monoisotopic (exact) mass is 450 g/mol. The molecule has 1 aromatic rings. The summed E-state index contributed by atoms with van der Waals surface area (Å²) >= 11 is 6.36. The largest absolute Gasteiger partial charge is 0.390 e. The first-order chi connectivity index (χ1) is 14.3. The third-order valence-electron chi connectivity index (χ3n) is 6.99. The van der Waals surface area contributed by atoms with Gasteiger partial charge in [-0.3, -0.25) is 4.79 Å². The van der Waals surface area contributed by atoms with E-state index in [1.165, 1.54) is 44.9 Å². The van der Waals surface area contributed by atoms with Gasteiger partial charge in [0, 0.05) is 6.54 Å². The number of carbonyl (C=O) groups is 1. The van der Waals surface area contributed by atoms with Crippen LogP contribution < -0.4 is 10.6 Å². The van der Waals surface area contributed by atoms with Crippen molar-refractivity contribution in [2.75, 3.05) is 19.6 Å². The quantitative estimate of drug-likeness (QED) is 0.397. The first-order valence-corrected chi connectivity index (χ1v) is 12.1. The predicted octanol–water partition coefficient (Wildman–Crippen LogP) is 5.75. The zero-order chi connectivity index (χ0) is 21.6. The van der Waals surface area contributed by atoms with Crippen LogP contribution in [0.3, 0.4) is 0 Å². The maximum absolute atomic E-state index is 12.9. The molecule has 176 valence electrons. The van der Waals surface area contributed by atoms with Gasteiger partial charge in [0.05, 0.1) is 16.2 Å². The Balaban J connectivity index is 0.00000341. The number of rotatable bonds is 10. The first kappa shape index (κ1) is 26.2. The number of benzene rings is 1. The molecule has 0 aromatic heterocycles. The standard InChI is InChI=1S/C25H39ClN2O2.CH4/c1-24(2,30)13-15-27-14-5-8-19-9-10-22(26)21(16-19)23(29)28-18-25-11-3-6-20(17-25)7-4-12-25;/h9-10,16,20,27,30H,3-8,11-15,17-18H2,1-2H3,(H,28,29);1H4. The van der Waals surface area contributed by atoms with E-state index in [-0.39, 0.29) is 13.3 Å². The van der Waals surface area contributed by atoms with Crippen molar-refractivity contribution in [1.82, 2.24) is 10.6 Å². The fraction of sp³-hybridized carbons (Fsp3) is 0.731. The molecule has 0 radical (unpaired) electrons. The summed E-state index contributed by atoms with van der Waals surface area (Å²) in [6.07, 6.45) is 11.8. The van der Waals surface area contributed by atoms with Gasteiger partial charge in [-0.25, -0.2) is 0 Å². The SMILES string of the molecule is C.CC(C)(O)CCNCCCc1ccc(Cl)c(C(=O)NCC23CCCC(CCC2)C3)c1. The molecule has 5 heteroatoms. The molecule has 0 spiro atoms. The zero-order valence-electron chi connectivity index (χ0n) is 18.7. The van der Waals surface area contributed by atoms with Crippen LogP contribution in [0.25, 0.3) is 0 Å². The Bertz CT molecular complexity index is 704. The topological polar surface area (TPSA) is 61.4 Å². The second-order valence-electron chi connectivity index (χ2n) is 10.3. The highest BCUT2D eigenvalue weighted by atomic mass is 35.5. The van der Waals surface area contributed by atoms with Gasteiger partial charge in [-0.2, -0.15) is 0 Å². The van der Waals surface area contributed by atoms with Crippen LogP contribution in [0.15, 0.2) is 18.2 Å².